The number of hydrogen-bond acceptors (Lipinski definition) is 1. The van der Waals surface area contributed by atoms with Crippen LogP contribution in [0.25, 0.3) is 0 Å². The number of aliphatic hydroxyl groups excluding tert-OH is 1. The van der Waals surface area contributed by atoms with Gasteiger partial charge in [0.1, 0.15) is 0 Å². The maximum absolute atomic E-state index is 10.8. The highest BCUT2D eigenvalue weighted by Crippen LogP contribution is 2.59. The minimum Gasteiger partial charge on any atom is -0.502 e. The molecule has 0 radical (unpaired) electrons. The molecular formula is C29H56OS. The Balaban J connectivity index is 2.53. The molecule has 1 aliphatic carbocycles. The first-order chi connectivity index (χ1) is 15.1. The molecule has 1 nitrogen and oxygen atoms in total. The smallest absolute Gasteiger partial charge is 0.163 e. The van der Waals surface area contributed by atoms with Gasteiger partial charge in [-0.15, -0.1) is 0 Å². The Kier molecular flexibility index (Phi) is 16.2. The fourth-order valence-electron chi connectivity index (χ4n) is 6.45. The van der Waals surface area contributed by atoms with Crippen molar-refractivity contribution >= 4 is 17.3 Å². The fraction of sp³-hybridized carbons (Fsp3) is 0.966. The molecule has 2 heteroatoms. The average Bonchev–Trinajstić information content (AvgIpc) is 2.74. The van der Waals surface area contributed by atoms with E-state index in [-0.39, 0.29) is 5.41 Å². The van der Waals surface area contributed by atoms with Crippen LogP contribution in [0.4, 0.5) is 0 Å². The Hall–Kier alpha value is -0.110. The average molecular weight is 453 g/mol. The van der Waals surface area contributed by atoms with Gasteiger partial charge in [-0.1, -0.05) is 137 Å². The Morgan fingerprint density at radius 3 is 1.61 bits per heavy atom. The maximum Gasteiger partial charge on any atom is 0.163 e. The number of aliphatic hydroxyl groups is 1. The van der Waals surface area contributed by atoms with Gasteiger partial charge in [-0.2, -0.15) is 0 Å². The van der Waals surface area contributed by atoms with E-state index in [9.17, 15) is 5.11 Å². The third-order valence-corrected chi connectivity index (χ3v) is 8.96. The van der Waals surface area contributed by atoms with E-state index in [2.05, 4.69) is 27.7 Å². The largest absolute Gasteiger partial charge is 0.502 e. The van der Waals surface area contributed by atoms with E-state index in [1.165, 1.54) is 122 Å². The van der Waals surface area contributed by atoms with Gasteiger partial charge in [0.15, 0.2) is 5.05 Å². The van der Waals surface area contributed by atoms with Crippen LogP contribution in [0.1, 0.15) is 156 Å². The van der Waals surface area contributed by atoms with Crippen molar-refractivity contribution in [2.24, 2.45) is 23.2 Å². The lowest BCUT2D eigenvalue weighted by atomic mass is 9.49. The van der Waals surface area contributed by atoms with E-state index in [1.54, 1.807) is 0 Å². The molecule has 0 aliphatic heterocycles. The summed E-state index contributed by atoms with van der Waals surface area (Å²) >= 11 is 5.57. The Bertz CT molecular complexity index is 448. The molecule has 0 saturated heterocycles. The highest BCUT2D eigenvalue weighted by atomic mass is 32.1. The molecule has 1 rings (SSSR count). The van der Waals surface area contributed by atoms with Crippen molar-refractivity contribution in [3.63, 3.8) is 0 Å². The predicted molar refractivity (Wildman–Crippen MR) is 143 cm³/mol. The molecular weight excluding hydrogens is 396 g/mol. The second-order valence-electron chi connectivity index (χ2n) is 10.6. The molecule has 0 bridgehead atoms. The lowest BCUT2D eigenvalue weighted by Gasteiger charge is -2.56. The van der Waals surface area contributed by atoms with Crippen molar-refractivity contribution in [2.45, 2.75) is 156 Å². The van der Waals surface area contributed by atoms with Gasteiger partial charge in [-0.25, -0.2) is 0 Å². The van der Waals surface area contributed by atoms with Gasteiger partial charge in [0, 0.05) is 5.41 Å². The molecule has 0 heterocycles. The fourth-order valence-corrected chi connectivity index (χ4v) is 6.87. The summed E-state index contributed by atoms with van der Waals surface area (Å²) in [5.41, 5.74) is -0.0475. The molecule has 1 N–H and O–H groups in total. The highest BCUT2D eigenvalue weighted by molar-refractivity contribution is 7.80. The number of unbranched alkanes of at least 4 members (excludes halogenated alkanes) is 12. The van der Waals surface area contributed by atoms with Crippen molar-refractivity contribution in [1.29, 1.82) is 0 Å². The first kappa shape index (κ1) is 28.9. The number of hydrogen-bond donors (Lipinski definition) is 1. The quantitative estimate of drug-likeness (QED) is 0.138. The third kappa shape index (κ3) is 9.34. The Morgan fingerprint density at radius 2 is 1.23 bits per heavy atom. The molecule has 4 unspecified atom stereocenters. The summed E-state index contributed by atoms with van der Waals surface area (Å²) in [5, 5.41) is 11.1. The van der Waals surface area contributed by atoms with E-state index in [1.807, 2.05) is 0 Å². The summed E-state index contributed by atoms with van der Waals surface area (Å²) in [6.45, 7) is 9.28. The molecule has 0 amide bonds. The topological polar surface area (TPSA) is 20.2 Å². The molecule has 0 aromatic rings. The zero-order valence-corrected chi connectivity index (χ0v) is 22.5. The van der Waals surface area contributed by atoms with Gasteiger partial charge in [0.25, 0.3) is 0 Å². The Labute approximate surface area is 201 Å². The van der Waals surface area contributed by atoms with Crippen LogP contribution >= 0.6 is 12.2 Å². The van der Waals surface area contributed by atoms with Gasteiger partial charge >= 0.3 is 0 Å². The minimum absolute atomic E-state index is 0.0475. The molecule has 1 saturated carbocycles. The van der Waals surface area contributed by atoms with Crippen LogP contribution in [-0.2, 0) is 0 Å². The predicted octanol–water partition coefficient (Wildman–Crippen LogP) is 10.6. The summed E-state index contributed by atoms with van der Waals surface area (Å²) in [4.78, 5) is 0. The van der Waals surface area contributed by atoms with Crippen LogP contribution in [0.2, 0.25) is 0 Å². The van der Waals surface area contributed by atoms with E-state index < -0.39 is 0 Å². The van der Waals surface area contributed by atoms with Gasteiger partial charge in [0.2, 0.25) is 0 Å². The van der Waals surface area contributed by atoms with E-state index >= 15 is 0 Å². The van der Waals surface area contributed by atoms with Crippen molar-refractivity contribution in [2.75, 3.05) is 0 Å². The van der Waals surface area contributed by atoms with Crippen molar-refractivity contribution in [1.82, 2.24) is 0 Å². The van der Waals surface area contributed by atoms with Gasteiger partial charge < -0.3 is 5.11 Å². The molecule has 1 aliphatic rings. The van der Waals surface area contributed by atoms with Crippen molar-refractivity contribution in [3.8, 4) is 0 Å². The summed E-state index contributed by atoms with van der Waals surface area (Å²) in [6.07, 6.45) is 26.7. The number of thiocarbonyl (C=S) groups is 1. The van der Waals surface area contributed by atoms with Crippen LogP contribution in [0.5, 0.6) is 0 Å². The lowest BCUT2D eigenvalue weighted by Crippen LogP contribution is -2.54. The molecule has 184 valence electrons. The van der Waals surface area contributed by atoms with E-state index in [4.69, 9.17) is 12.2 Å². The van der Waals surface area contributed by atoms with Crippen LogP contribution in [0, 0.1) is 23.2 Å². The lowest BCUT2D eigenvalue weighted by molar-refractivity contribution is -0.0250. The molecule has 0 aromatic heterocycles. The van der Waals surface area contributed by atoms with E-state index in [0.717, 1.165) is 12.3 Å². The van der Waals surface area contributed by atoms with Crippen LogP contribution in [0.3, 0.4) is 0 Å². The molecule has 4 atom stereocenters. The SMILES string of the molecule is CCCCCCCCCC(CC)C1CCC1(C(O)=S)C(CC)CCCCCCCCC. The Morgan fingerprint density at radius 1 is 0.742 bits per heavy atom. The van der Waals surface area contributed by atoms with E-state index in [0.29, 0.717) is 16.9 Å². The third-order valence-electron chi connectivity index (χ3n) is 8.58. The van der Waals surface area contributed by atoms with Gasteiger partial charge in [0.05, 0.1) is 0 Å². The summed E-state index contributed by atoms with van der Waals surface area (Å²) in [6, 6.07) is 0. The normalized spacial score (nSPS) is 22.8. The summed E-state index contributed by atoms with van der Waals surface area (Å²) < 4.78 is 0. The zero-order chi connectivity index (χ0) is 23.0. The minimum atomic E-state index is -0.0475. The maximum atomic E-state index is 10.8. The highest BCUT2D eigenvalue weighted by Gasteiger charge is 2.56. The molecule has 1 fully saturated rings. The van der Waals surface area contributed by atoms with Crippen molar-refractivity contribution < 1.29 is 5.11 Å². The zero-order valence-electron chi connectivity index (χ0n) is 21.7. The first-order valence-corrected chi connectivity index (χ1v) is 14.7. The van der Waals surface area contributed by atoms with Crippen LogP contribution < -0.4 is 0 Å². The van der Waals surface area contributed by atoms with Crippen LogP contribution in [0.15, 0.2) is 0 Å². The second kappa shape index (κ2) is 17.4. The van der Waals surface area contributed by atoms with Gasteiger partial charge in [-0.05, 0) is 49.2 Å². The second-order valence-corrected chi connectivity index (χ2v) is 11.0. The first-order valence-electron chi connectivity index (χ1n) is 14.3. The summed E-state index contributed by atoms with van der Waals surface area (Å²) in [5.74, 6) is 1.96. The van der Waals surface area contributed by atoms with Crippen LogP contribution in [-0.4, -0.2) is 10.2 Å². The monoisotopic (exact) mass is 452 g/mol. The van der Waals surface area contributed by atoms with Gasteiger partial charge in [-0.3, -0.25) is 0 Å². The molecule has 31 heavy (non-hydrogen) atoms. The molecule has 0 spiro atoms. The number of rotatable bonds is 21. The standard InChI is InChI=1S/C29H56OS/c1-5-9-11-13-15-17-19-21-25(7-3)27-23-24-29(27,28(30)31)26(8-4)22-20-18-16-14-12-10-6-2/h25-27H,5-24H2,1-4H3,(H,30,31). The summed E-state index contributed by atoms with van der Waals surface area (Å²) in [7, 11) is 0. The van der Waals surface area contributed by atoms with Crippen molar-refractivity contribution in [3.05, 3.63) is 0 Å². The molecule has 0 aromatic carbocycles.